The van der Waals surface area contributed by atoms with Crippen LogP contribution in [0.2, 0.25) is 0 Å². The van der Waals surface area contributed by atoms with Crippen LogP contribution in [0.4, 0.5) is 0 Å². The molecule has 0 heterocycles. The number of carboxylic acids is 1. The lowest BCUT2D eigenvalue weighted by atomic mass is 10.3. The molecule has 0 aliphatic carbocycles. The third-order valence-electron chi connectivity index (χ3n) is 0.670. The average Bonchev–Trinajstić information content (AvgIpc) is 1.82. The second kappa shape index (κ2) is 4.14. The van der Waals surface area contributed by atoms with E-state index in [0.29, 0.717) is 0 Å². The van der Waals surface area contributed by atoms with Gasteiger partial charge in [-0.2, -0.15) is 0 Å². The Labute approximate surface area is 57.4 Å². The van der Waals surface area contributed by atoms with Gasteiger partial charge in [0.15, 0.2) is 0 Å². The van der Waals surface area contributed by atoms with Crippen LogP contribution in [0.3, 0.4) is 0 Å². The maximum absolute atomic E-state index is 9.96. The van der Waals surface area contributed by atoms with E-state index in [9.17, 15) is 4.79 Å². The van der Waals surface area contributed by atoms with E-state index >= 15 is 0 Å². The zero-order chi connectivity index (χ0) is 7.28. The molecule has 0 spiro atoms. The molecule has 3 N–H and O–H groups in total. The quantitative estimate of drug-likeness (QED) is 0.416. The smallest absolute Gasteiger partial charge is 0.322 e. The van der Waals surface area contributed by atoms with E-state index in [1.165, 1.54) is 0 Å². The Hall–Kier alpha value is -0.770. The van der Waals surface area contributed by atoms with Crippen molar-refractivity contribution >= 4 is 23.3 Å². The van der Waals surface area contributed by atoms with Gasteiger partial charge in [0.25, 0.3) is 0 Å². The number of isothiocyanates is 1. The van der Waals surface area contributed by atoms with Crippen molar-refractivity contribution in [3.63, 3.8) is 0 Å². The molecule has 0 aromatic carbocycles. The molecule has 5 heteroatoms. The zero-order valence-corrected chi connectivity index (χ0v) is 5.39. The summed E-state index contributed by atoms with van der Waals surface area (Å²) in [7, 11) is 0. The second-order valence-corrected chi connectivity index (χ2v) is 1.56. The van der Waals surface area contributed by atoms with Gasteiger partial charge in [0, 0.05) is 0 Å². The summed E-state index contributed by atoms with van der Waals surface area (Å²) in [4.78, 5) is 13.3. The van der Waals surface area contributed by atoms with Gasteiger partial charge < -0.3 is 10.8 Å². The number of nitrogens with two attached hydrogens (primary N) is 1. The standard InChI is InChI=1S/C4H6N2O2S/c5-3(4(7)8)1-6-2-9/h3H,1,5H2,(H,7,8)/t3-/m0/s1. The number of rotatable bonds is 3. The molecule has 0 aromatic heterocycles. The predicted octanol–water partition coefficient (Wildman–Crippen LogP) is -0.499. The highest BCUT2D eigenvalue weighted by atomic mass is 32.1. The van der Waals surface area contributed by atoms with E-state index < -0.39 is 12.0 Å². The van der Waals surface area contributed by atoms with E-state index in [1.807, 2.05) is 5.16 Å². The fourth-order valence-corrected chi connectivity index (χ4v) is 0.288. The van der Waals surface area contributed by atoms with Crippen LogP contribution in [-0.2, 0) is 4.79 Å². The summed E-state index contributed by atoms with van der Waals surface area (Å²) in [6, 6.07) is -0.958. The molecule has 0 aliphatic heterocycles. The molecule has 0 bridgehead atoms. The van der Waals surface area contributed by atoms with Gasteiger partial charge >= 0.3 is 5.97 Å². The summed E-state index contributed by atoms with van der Waals surface area (Å²) in [6.07, 6.45) is 0. The first-order valence-electron chi connectivity index (χ1n) is 2.20. The molecular weight excluding hydrogens is 140 g/mol. The van der Waals surface area contributed by atoms with Gasteiger partial charge in [-0.05, 0) is 12.2 Å². The van der Waals surface area contributed by atoms with Crippen LogP contribution >= 0.6 is 12.2 Å². The molecule has 0 saturated heterocycles. The number of aliphatic carboxylic acids is 1. The molecule has 9 heavy (non-hydrogen) atoms. The van der Waals surface area contributed by atoms with Gasteiger partial charge in [0.2, 0.25) is 0 Å². The van der Waals surface area contributed by atoms with Crippen molar-refractivity contribution in [1.29, 1.82) is 0 Å². The van der Waals surface area contributed by atoms with Crippen LogP contribution in [0.15, 0.2) is 4.99 Å². The monoisotopic (exact) mass is 146 g/mol. The van der Waals surface area contributed by atoms with Crippen molar-refractivity contribution in [3.8, 4) is 0 Å². The summed E-state index contributed by atoms with van der Waals surface area (Å²) >= 11 is 4.19. The Morgan fingerprint density at radius 1 is 2.00 bits per heavy atom. The number of carbonyl (C=O) groups is 1. The number of carboxylic acid groups (broad SMARTS) is 1. The molecular formula is C4H6N2O2S. The molecule has 0 unspecified atom stereocenters. The van der Waals surface area contributed by atoms with Gasteiger partial charge in [-0.25, -0.2) is 4.99 Å². The Balaban J connectivity index is 3.63. The van der Waals surface area contributed by atoms with Gasteiger partial charge in [-0.1, -0.05) is 0 Å². The topological polar surface area (TPSA) is 75.7 Å². The Morgan fingerprint density at radius 2 is 2.56 bits per heavy atom. The van der Waals surface area contributed by atoms with Crippen LogP contribution in [0.5, 0.6) is 0 Å². The Morgan fingerprint density at radius 3 is 2.89 bits per heavy atom. The fraction of sp³-hybridized carbons (Fsp3) is 0.500. The molecule has 0 rings (SSSR count). The summed E-state index contributed by atoms with van der Waals surface area (Å²) in [5.74, 6) is -1.08. The SMILES string of the molecule is N[C@@H](CN=C=S)C(=O)O. The van der Waals surface area contributed by atoms with Crippen LogP contribution in [0, 0.1) is 0 Å². The minimum absolute atomic E-state index is 0.00116. The minimum Gasteiger partial charge on any atom is -0.480 e. The highest BCUT2D eigenvalue weighted by Gasteiger charge is 2.08. The van der Waals surface area contributed by atoms with Gasteiger partial charge in [-0.15, -0.1) is 0 Å². The molecule has 0 saturated carbocycles. The summed E-state index contributed by atoms with van der Waals surface area (Å²) in [6.45, 7) is -0.00116. The molecule has 0 aliphatic rings. The highest BCUT2D eigenvalue weighted by molar-refractivity contribution is 7.78. The first-order chi connectivity index (χ1) is 4.18. The fourth-order valence-electron chi connectivity index (χ4n) is 0.214. The number of hydrogen-bond donors (Lipinski definition) is 2. The van der Waals surface area contributed by atoms with Crippen molar-refractivity contribution in [2.24, 2.45) is 10.7 Å². The molecule has 1 atom stereocenters. The molecule has 0 aromatic rings. The van der Waals surface area contributed by atoms with E-state index in [0.717, 1.165) is 0 Å². The second-order valence-electron chi connectivity index (χ2n) is 1.38. The predicted molar refractivity (Wildman–Crippen MR) is 35.5 cm³/mol. The number of nitrogens with zero attached hydrogens (tertiary/aromatic N) is 1. The normalized spacial score (nSPS) is 11.7. The highest BCUT2D eigenvalue weighted by Crippen LogP contribution is 1.77. The molecule has 50 valence electrons. The Bertz CT molecular complexity index is 153. The summed E-state index contributed by atoms with van der Waals surface area (Å²) < 4.78 is 0. The third kappa shape index (κ3) is 3.78. The number of aliphatic imine (C=N–C) groups is 1. The van der Waals surface area contributed by atoms with Gasteiger partial charge in [-0.3, -0.25) is 4.79 Å². The first-order valence-corrected chi connectivity index (χ1v) is 2.61. The van der Waals surface area contributed by atoms with Crippen molar-refractivity contribution in [3.05, 3.63) is 0 Å². The molecule has 0 radical (unpaired) electrons. The van der Waals surface area contributed by atoms with E-state index in [1.54, 1.807) is 0 Å². The van der Waals surface area contributed by atoms with Crippen molar-refractivity contribution in [1.82, 2.24) is 0 Å². The minimum atomic E-state index is -1.08. The molecule has 0 amide bonds. The average molecular weight is 146 g/mol. The van der Waals surface area contributed by atoms with E-state index in [4.69, 9.17) is 10.8 Å². The van der Waals surface area contributed by atoms with Crippen molar-refractivity contribution < 1.29 is 9.90 Å². The van der Waals surface area contributed by atoms with E-state index in [2.05, 4.69) is 17.2 Å². The summed E-state index contributed by atoms with van der Waals surface area (Å²) in [5, 5.41) is 10.2. The van der Waals surface area contributed by atoms with Gasteiger partial charge in [0.1, 0.15) is 6.04 Å². The van der Waals surface area contributed by atoms with Crippen molar-refractivity contribution in [2.45, 2.75) is 6.04 Å². The number of hydrogen-bond acceptors (Lipinski definition) is 4. The lowest BCUT2D eigenvalue weighted by Crippen LogP contribution is -2.32. The largest absolute Gasteiger partial charge is 0.480 e. The summed E-state index contributed by atoms with van der Waals surface area (Å²) in [5.41, 5.74) is 5.02. The zero-order valence-electron chi connectivity index (χ0n) is 4.57. The molecule has 0 fully saturated rings. The number of thiocarbonyl (C=S) groups is 1. The molecule has 4 nitrogen and oxygen atoms in total. The lowest BCUT2D eigenvalue weighted by Gasteiger charge is -1.97. The maximum atomic E-state index is 9.96. The van der Waals surface area contributed by atoms with Crippen LogP contribution in [0.1, 0.15) is 0 Å². The first kappa shape index (κ1) is 8.23. The van der Waals surface area contributed by atoms with Gasteiger partial charge in [0.05, 0.1) is 11.7 Å². The Kier molecular flexibility index (Phi) is 3.79. The maximum Gasteiger partial charge on any atom is 0.322 e. The van der Waals surface area contributed by atoms with Crippen LogP contribution in [0.25, 0.3) is 0 Å². The van der Waals surface area contributed by atoms with Crippen molar-refractivity contribution in [2.75, 3.05) is 6.54 Å². The third-order valence-corrected chi connectivity index (χ3v) is 0.799. The van der Waals surface area contributed by atoms with E-state index in [-0.39, 0.29) is 6.54 Å². The van der Waals surface area contributed by atoms with Crippen LogP contribution < -0.4 is 5.73 Å². The lowest BCUT2D eigenvalue weighted by molar-refractivity contribution is -0.138. The van der Waals surface area contributed by atoms with Crippen LogP contribution in [-0.4, -0.2) is 28.8 Å².